The Hall–Kier alpha value is -1.94. The minimum Gasteiger partial charge on any atom is -0.462 e. The van der Waals surface area contributed by atoms with Gasteiger partial charge in [0.15, 0.2) is 12.2 Å². The minimum atomic E-state index is -4.96. The van der Waals surface area contributed by atoms with Crippen molar-refractivity contribution in [1.82, 2.24) is 0 Å². The molecular weight excluding hydrogens is 1320 g/mol. The lowest BCUT2D eigenvalue weighted by Gasteiger charge is -2.21. The fourth-order valence-corrected chi connectivity index (χ4v) is 14.3. The van der Waals surface area contributed by atoms with Gasteiger partial charge in [0.1, 0.15) is 19.3 Å². The number of carbonyl (C=O) groups excluding carboxylic acids is 4. The van der Waals surface area contributed by atoms with Crippen molar-refractivity contribution in [2.45, 2.75) is 452 Å². The lowest BCUT2D eigenvalue weighted by molar-refractivity contribution is -0.161. The van der Waals surface area contributed by atoms with Gasteiger partial charge in [-0.1, -0.05) is 382 Å². The number of hydrogen-bond donors (Lipinski definition) is 3. The van der Waals surface area contributed by atoms with Gasteiger partial charge in [-0.05, 0) is 37.5 Å². The Balaban J connectivity index is 5.25. The molecule has 0 aliphatic heterocycles. The zero-order chi connectivity index (χ0) is 74.2. The standard InChI is InChI=1S/C82H160O17P2/c1-7-10-12-14-16-18-20-22-23-24-25-26-27-33-37-41-49-55-61-67-82(87)98-77(70-92-79(84)64-58-52-46-39-35-32-29-28-31-34-38-44-50-56-62-74(4)5)72-96-100(88,89)94-68-76(83)69-95-101(90,91)97-73-78(71-93-80(85)65-59-53-47-43-42-45-51-57-63-75(6)9-3)99-81(86)66-60-54-48-40-36-30-21-19-17-15-13-11-8-2/h74-78,83H,7-73H2,1-6H3,(H,88,89)(H,90,91)/t75?,76-,77-,78-/m1/s1. The zero-order valence-corrected chi connectivity index (χ0v) is 68.0. The number of unbranched alkanes of at least 4 members (excludes halogenated alkanes) is 50. The average Bonchev–Trinajstić information content (AvgIpc) is 0.987. The van der Waals surface area contributed by atoms with Gasteiger partial charge in [0.05, 0.1) is 26.4 Å². The summed E-state index contributed by atoms with van der Waals surface area (Å²) in [5, 5.41) is 10.7. The highest BCUT2D eigenvalue weighted by Gasteiger charge is 2.30. The normalized spacial score (nSPS) is 14.2. The second-order valence-corrected chi connectivity index (χ2v) is 33.1. The van der Waals surface area contributed by atoms with Gasteiger partial charge in [-0.25, -0.2) is 9.13 Å². The van der Waals surface area contributed by atoms with Crippen LogP contribution in [0.25, 0.3) is 0 Å². The fourth-order valence-electron chi connectivity index (χ4n) is 12.7. The topological polar surface area (TPSA) is 237 Å². The maximum atomic E-state index is 13.1. The molecule has 101 heavy (non-hydrogen) atoms. The highest BCUT2D eigenvalue weighted by atomic mass is 31.2. The van der Waals surface area contributed by atoms with Crippen LogP contribution in [0.4, 0.5) is 0 Å². The quantitative estimate of drug-likeness (QED) is 0.0222. The summed E-state index contributed by atoms with van der Waals surface area (Å²) in [6, 6.07) is 0. The molecule has 0 spiro atoms. The molecule has 0 radical (unpaired) electrons. The molecule has 0 aromatic carbocycles. The van der Waals surface area contributed by atoms with E-state index >= 15 is 0 Å². The van der Waals surface area contributed by atoms with Crippen LogP contribution in [0.2, 0.25) is 0 Å². The molecular formula is C82H160O17P2. The smallest absolute Gasteiger partial charge is 0.462 e. The summed E-state index contributed by atoms with van der Waals surface area (Å²) in [6.07, 6.45) is 63.7. The van der Waals surface area contributed by atoms with Crippen LogP contribution in [0.5, 0.6) is 0 Å². The van der Waals surface area contributed by atoms with Gasteiger partial charge in [0.25, 0.3) is 0 Å². The van der Waals surface area contributed by atoms with Crippen molar-refractivity contribution < 1.29 is 80.2 Å². The molecule has 0 rings (SSSR count). The molecule has 0 fully saturated rings. The van der Waals surface area contributed by atoms with E-state index in [0.29, 0.717) is 25.7 Å². The molecule has 0 aliphatic rings. The largest absolute Gasteiger partial charge is 0.472 e. The number of carbonyl (C=O) groups is 4. The Labute approximate surface area is 619 Å². The summed E-state index contributed by atoms with van der Waals surface area (Å²) >= 11 is 0. The number of aliphatic hydroxyl groups excluding tert-OH is 1. The Morgan fingerprint density at radius 1 is 0.287 bits per heavy atom. The molecule has 0 saturated carbocycles. The first-order valence-corrected chi connectivity index (χ1v) is 45.5. The molecule has 3 N–H and O–H groups in total. The molecule has 0 aromatic rings. The third-order valence-electron chi connectivity index (χ3n) is 19.6. The van der Waals surface area contributed by atoms with Crippen LogP contribution in [-0.4, -0.2) is 96.7 Å². The molecule has 0 amide bonds. The number of phosphoric acid groups is 2. The number of esters is 4. The third kappa shape index (κ3) is 74.7. The Morgan fingerprint density at radius 3 is 0.752 bits per heavy atom. The van der Waals surface area contributed by atoms with Gasteiger partial charge in [0.2, 0.25) is 0 Å². The SMILES string of the molecule is CCCCCCCCCCCCCCCCCCCCCC(=O)O[C@H](COC(=O)CCCCCCCCCCCCCCCCC(C)C)COP(=O)(O)OC[C@@H](O)COP(=O)(O)OC[C@@H](COC(=O)CCCCCCCCCCC(C)CC)OC(=O)CCCCCCCCCCCCCCC. The molecule has 19 heteroatoms. The van der Waals surface area contributed by atoms with Crippen LogP contribution in [0, 0.1) is 11.8 Å². The summed E-state index contributed by atoms with van der Waals surface area (Å²) in [4.78, 5) is 73.1. The predicted octanol–water partition coefficient (Wildman–Crippen LogP) is 24.7. The van der Waals surface area contributed by atoms with E-state index in [1.165, 1.54) is 250 Å². The maximum Gasteiger partial charge on any atom is 0.472 e. The van der Waals surface area contributed by atoms with Crippen molar-refractivity contribution in [2.24, 2.45) is 11.8 Å². The van der Waals surface area contributed by atoms with Gasteiger partial charge in [-0.2, -0.15) is 0 Å². The van der Waals surface area contributed by atoms with Crippen LogP contribution in [0.3, 0.4) is 0 Å². The van der Waals surface area contributed by atoms with E-state index in [-0.39, 0.29) is 25.7 Å². The van der Waals surface area contributed by atoms with Crippen LogP contribution in [0.15, 0.2) is 0 Å². The highest BCUT2D eigenvalue weighted by molar-refractivity contribution is 7.47. The number of ether oxygens (including phenoxy) is 4. The molecule has 3 unspecified atom stereocenters. The summed E-state index contributed by atoms with van der Waals surface area (Å²) < 4.78 is 68.8. The van der Waals surface area contributed by atoms with E-state index in [4.69, 9.17) is 37.0 Å². The summed E-state index contributed by atoms with van der Waals surface area (Å²) in [6.45, 7) is 9.67. The van der Waals surface area contributed by atoms with Gasteiger partial charge in [-0.15, -0.1) is 0 Å². The van der Waals surface area contributed by atoms with Crippen molar-refractivity contribution in [3.05, 3.63) is 0 Å². The number of aliphatic hydroxyl groups is 1. The van der Waals surface area contributed by atoms with Gasteiger partial charge in [0, 0.05) is 25.7 Å². The van der Waals surface area contributed by atoms with Gasteiger partial charge in [-0.3, -0.25) is 37.3 Å². The monoisotopic (exact) mass is 1480 g/mol. The summed E-state index contributed by atoms with van der Waals surface area (Å²) in [7, 11) is -9.92. The van der Waals surface area contributed by atoms with Crippen molar-refractivity contribution in [3.8, 4) is 0 Å². The fraction of sp³-hybridized carbons (Fsp3) is 0.951. The van der Waals surface area contributed by atoms with Crippen molar-refractivity contribution in [2.75, 3.05) is 39.6 Å². The molecule has 0 heterocycles. The molecule has 0 aliphatic carbocycles. The Kier molecular flexibility index (Phi) is 72.2. The van der Waals surface area contributed by atoms with Crippen molar-refractivity contribution in [3.63, 3.8) is 0 Å². The summed E-state index contributed by atoms with van der Waals surface area (Å²) in [5.41, 5.74) is 0. The van der Waals surface area contributed by atoms with Crippen LogP contribution >= 0.6 is 15.6 Å². The lowest BCUT2D eigenvalue weighted by atomic mass is 9.99. The lowest BCUT2D eigenvalue weighted by Crippen LogP contribution is -2.30. The Bertz CT molecular complexity index is 1940. The van der Waals surface area contributed by atoms with E-state index in [2.05, 4.69) is 41.5 Å². The molecule has 17 nitrogen and oxygen atoms in total. The highest BCUT2D eigenvalue weighted by Crippen LogP contribution is 2.45. The first-order valence-electron chi connectivity index (χ1n) is 42.5. The number of hydrogen-bond acceptors (Lipinski definition) is 15. The second-order valence-electron chi connectivity index (χ2n) is 30.2. The minimum absolute atomic E-state index is 0.107. The van der Waals surface area contributed by atoms with Gasteiger partial charge < -0.3 is 33.8 Å². The zero-order valence-electron chi connectivity index (χ0n) is 66.2. The first kappa shape index (κ1) is 99.1. The summed E-state index contributed by atoms with van der Waals surface area (Å²) in [5.74, 6) is -0.529. The molecule has 0 saturated heterocycles. The number of rotatable bonds is 81. The second kappa shape index (κ2) is 73.6. The molecule has 0 bridgehead atoms. The molecule has 600 valence electrons. The van der Waals surface area contributed by atoms with Crippen LogP contribution in [0.1, 0.15) is 433 Å². The van der Waals surface area contributed by atoms with E-state index in [1.807, 2.05) is 0 Å². The van der Waals surface area contributed by atoms with Gasteiger partial charge >= 0.3 is 39.5 Å². The average molecular weight is 1480 g/mol. The van der Waals surface area contributed by atoms with Crippen molar-refractivity contribution >= 4 is 39.5 Å². The maximum absolute atomic E-state index is 13.1. The van der Waals surface area contributed by atoms with E-state index in [0.717, 1.165) is 102 Å². The molecule has 0 aromatic heterocycles. The van der Waals surface area contributed by atoms with E-state index in [9.17, 15) is 43.2 Å². The van der Waals surface area contributed by atoms with Crippen molar-refractivity contribution in [1.29, 1.82) is 0 Å². The molecule has 6 atom stereocenters. The van der Waals surface area contributed by atoms with Crippen LogP contribution < -0.4 is 0 Å². The third-order valence-corrected chi connectivity index (χ3v) is 21.5. The van der Waals surface area contributed by atoms with E-state index < -0.39 is 97.5 Å². The van der Waals surface area contributed by atoms with Crippen LogP contribution in [-0.2, 0) is 65.4 Å². The van der Waals surface area contributed by atoms with E-state index in [1.54, 1.807) is 0 Å². The number of phosphoric ester groups is 2. The first-order chi connectivity index (χ1) is 48.9. The predicted molar refractivity (Wildman–Crippen MR) is 414 cm³/mol. The Morgan fingerprint density at radius 2 is 0.505 bits per heavy atom.